The van der Waals surface area contributed by atoms with E-state index in [2.05, 4.69) is 9.62 Å². The van der Waals surface area contributed by atoms with E-state index in [1.54, 1.807) is 6.92 Å². The van der Waals surface area contributed by atoms with Gasteiger partial charge in [0.05, 0.1) is 4.99 Å². The Kier molecular flexibility index (Phi) is 4.25. The van der Waals surface area contributed by atoms with Gasteiger partial charge < -0.3 is 10.6 Å². The second kappa shape index (κ2) is 5.40. The number of sulfonamides is 1. The van der Waals surface area contributed by atoms with E-state index >= 15 is 0 Å². The number of rotatable bonds is 5. The van der Waals surface area contributed by atoms with Crippen molar-refractivity contribution in [3.63, 3.8) is 0 Å². The molecule has 0 saturated carbocycles. The largest absolute Gasteiger partial charge is 0.392 e. The fourth-order valence-corrected chi connectivity index (χ4v) is 5.11. The highest BCUT2D eigenvalue weighted by Crippen LogP contribution is 2.28. The molecule has 0 aromatic carbocycles. The topological polar surface area (TPSA) is 75.4 Å². The van der Waals surface area contributed by atoms with Crippen LogP contribution in [0.2, 0.25) is 0 Å². The molecule has 0 aromatic heterocycles. The summed E-state index contributed by atoms with van der Waals surface area (Å²) in [4.78, 5) is 2.38. The second-order valence-electron chi connectivity index (χ2n) is 5.21. The average molecular weight is 291 g/mol. The first-order chi connectivity index (χ1) is 8.44. The van der Waals surface area contributed by atoms with Crippen LogP contribution in [0, 0.1) is 5.92 Å². The number of piperidine rings is 3. The molecular weight excluding hydrogens is 270 g/mol. The summed E-state index contributed by atoms with van der Waals surface area (Å²) in [6.45, 7) is 4.79. The van der Waals surface area contributed by atoms with Crippen molar-refractivity contribution < 1.29 is 8.42 Å². The van der Waals surface area contributed by atoms with Crippen molar-refractivity contribution in [1.29, 1.82) is 0 Å². The van der Waals surface area contributed by atoms with Crippen LogP contribution in [0.5, 0.6) is 0 Å². The molecule has 0 aromatic rings. The van der Waals surface area contributed by atoms with Gasteiger partial charge in [0, 0.05) is 12.6 Å². The van der Waals surface area contributed by atoms with Crippen LogP contribution in [0.15, 0.2) is 0 Å². The summed E-state index contributed by atoms with van der Waals surface area (Å²) in [6, 6.07) is 0.0286. The zero-order valence-corrected chi connectivity index (χ0v) is 12.3. The van der Waals surface area contributed by atoms with Crippen LogP contribution in [0.25, 0.3) is 0 Å². The van der Waals surface area contributed by atoms with E-state index in [9.17, 15) is 8.42 Å². The van der Waals surface area contributed by atoms with Crippen molar-refractivity contribution >= 4 is 27.2 Å². The van der Waals surface area contributed by atoms with E-state index in [-0.39, 0.29) is 11.0 Å². The Labute approximate surface area is 114 Å². The second-order valence-corrected chi connectivity index (χ2v) is 7.57. The summed E-state index contributed by atoms with van der Waals surface area (Å²) >= 11 is 4.85. The molecule has 2 atom stereocenters. The lowest BCUT2D eigenvalue weighted by Crippen LogP contribution is -2.59. The summed E-state index contributed by atoms with van der Waals surface area (Å²) in [5.74, 6) is 0.466. The number of thiocarbonyl (C=S) groups is 1. The van der Waals surface area contributed by atoms with Crippen LogP contribution in [-0.4, -0.2) is 49.2 Å². The fourth-order valence-electron chi connectivity index (χ4n) is 2.97. The summed E-state index contributed by atoms with van der Waals surface area (Å²) < 4.78 is 27.3. The van der Waals surface area contributed by atoms with E-state index in [0.717, 1.165) is 32.5 Å². The molecule has 0 aliphatic carbocycles. The van der Waals surface area contributed by atoms with Crippen molar-refractivity contribution in [1.82, 2.24) is 9.62 Å². The molecular formula is C11H21N3O2S2. The van der Waals surface area contributed by atoms with Crippen LogP contribution >= 0.6 is 12.2 Å². The summed E-state index contributed by atoms with van der Waals surface area (Å²) in [6.07, 6.45) is 2.58. The van der Waals surface area contributed by atoms with Crippen molar-refractivity contribution in [2.24, 2.45) is 11.7 Å². The van der Waals surface area contributed by atoms with Crippen LogP contribution in [-0.2, 0) is 10.0 Å². The number of nitrogens with zero attached hydrogens (tertiary/aromatic N) is 1. The summed E-state index contributed by atoms with van der Waals surface area (Å²) in [5, 5.41) is -0.747. The van der Waals surface area contributed by atoms with E-state index < -0.39 is 15.3 Å². The predicted octanol–water partition coefficient (Wildman–Crippen LogP) is 0.0647. The molecule has 0 amide bonds. The lowest BCUT2D eigenvalue weighted by molar-refractivity contribution is 0.0826. The van der Waals surface area contributed by atoms with E-state index in [4.69, 9.17) is 18.0 Å². The van der Waals surface area contributed by atoms with Gasteiger partial charge in [0.15, 0.2) is 0 Å². The molecule has 3 N–H and O–H groups in total. The number of hydrogen-bond acceptors (Lipinski definition) is 4. The first kappa shape index (κ1) is 14.2. The van der Waals surface area contributed by atoms with Gasteiger partial charge in [-0.1, -0.05) is 19.1 Å². The van der Waals surface area contributed by atoms with Gasteiger partial charge in [0.25, 0.3) is 0 Å². The standard InChI is InChI=1S/C11H21N3O2S2/c1-2-10(11(12)17)18(15,16)13-9-7-14-5-3-8(9)4-6-14/h8-10,13H,2-7H2,1H3,(H2,12,17). The van der Waals surface area contributed by atoms with E-state index in [0.29, 0.717) is 12.3 Å². The van der Waals surface area contributed by atoms with Crippen molar-refractivity contribution in [3.05, 3.63) is 0 Å². The molecule has 2 unspecified atom stereocenters. The molecule has 3 aliphatic heterocycles. The summed E-state index contributed by atoms with van der Waals surface area (Å²) in [5.41, 5.74) is 5.52. The van der Waals surface area contributed by atoms with Gasteiger partial charge in [-0.15, -0.1) is 0 Å². The minimum Gasteiger partial charge on any atom is -0.392 e. The minimum absolute atomic E-state index is 0.0286. The van der Waals surface area contributed by atoms with Gasteiger partial charge in [0.2, 0.25) is 10.0 Å². The highest BCUT2D eigenvalue weighted by molar-refractivity contribution is 7.93. The first-order valence-electron chi connectivity index (χ1n) is 6.47. The third-order valence-electron chi connectivity index (χ3n) is 4.03. The Hall–Kier alpha value is -0.240. The SMILES string of the molecule is CCC(C(N)=S)S(=O)(=O)NC1CN2CCC1CC2. The van der Waals surface area contributed by atoms with Gasteiger partial charge >= 0.3 is 0 Å². The predicted molar refractivity (Wildman–Crippen MR) is 75.9 cm³/mol. The Morgan fingerprint density at radius 2 is 2.11 bits per heavy atom. The van der Waals surface area contributed by atoms with Crippen molar-refractivity contribution in [3.8, 4) is 0 Å². The molecule has 2 bridgehead atoms. The molecule has 7 heteroatoms. The van der Waals surface area contributed by atoms with Gasteiger partial charge in [-0.3, -0.25) is 0 Å². The smallest absolute Gasteiger partial charge is 0.221 e. The molecule has 3 rings (SSSR count). The molecule has 3 aliphatic rings. The zero-order chi connectivity index (χ0) is 13.3. The van der Waals surface area contributed by atoms with Crippen LogP contribution in [0.1, 0.15) is 26.2 Å². The maximum absolute atomic E-state index is 12.3. The molecule has 3 fully saturated rings. The van der Waals surface area contributed by atoms with Crippen molar-refractivity contribution in [2.45, 2.75) is 37.5 Å². The Morgan fingerprint density at radius 3 is 2.50 bits per heavy atom. The Bertz CT molecular complexity index is 416. The highest BCUT2D eigenvalue weighted by atomic mass is 32.2. The molecule has 104 valence electrons. The molecule has 3 heterocycles. The van der Waals surface area contributed by atoms with E-state index in [1.165, 1.54) is 0 Å². The lowest BCUT2D eigenvalue weighted by Gasteiger charge is -2.45. The first-order valence-corrected chi connectivity index (χ1v) is 8.42. The molecule has 18 heavy (non-hydrogen) atoms. The monoisotopic (exact) mass is 291 g/mol. The van der Waals surface area contributed by atoms with Gasteiger partial charge in [-0.05, 0) is 38.3 Å². The van der Waals surface area contributed by atoms with Gasteiger partial charge in [-0.25, -0.2) is 13.1 Å². The normalized spacial score (nSPS) is 33.3. The van der Waals surface area contributed by atoms with Gasteiger partial charge in [0.1, 0.15) is 5.25 Å². The van der Waals surface area contributed by atoms with Crippen molar-refractivity contribution in [2.75, 3.05) is 19.6 Å². The summed E-state index contributed by atoms with van der Waals surface area (Å²) in [7, 11) is -3.44. The number of hydrogen-bond donors (Lipinski definition) is 2. The molecule has 0 spiro atoms. The molecule has 5 nitrogen and oxygen atoms in total. The zero-order valence-electron chi connectivity index (χ0n) is 10.6. The third-order valence-corrected chi connectivity index (χ3v) is 6.44. The highest BCUT2D eigenvalue weighted by Gasteiger charge is 2.38. The van der Waals surface area contributed by atoms with Crippen LogP contribution in [0.3, 0.4) is 0 Å². The maximum atomic E-state index is 12.3. The molecule has 3 saturated heterocycles. The van der Waals surface area contributed by atoms with Gasteiger partial charge in [-0.2, -0.15) is 0 Å². The number of fused-ring (bicyclic) bond motifs is 3. The van der Waals surface area contributed by atoms with Crippen LogP contribution < -0.4 is 10.5 Å². The number of nitrogens with one attached hydrogen (secondary N) is 1. The van der Waals surface area contributed by atoms with E-state index in [1.807, 2.05) is 0 Å². The average Bonchev–Trinajstić information content (AvgIpc) is 2.29. The molecule has 0 radical (unpaired) electrons. The minimum atomic E-state index is -3.44. The fraction of sp³-hybridized carbons (Fsp3) is 0.909. The Morgan fingerprint density at radius 1 is 1.50 bits per heavy atom. The lowest BCUT2D eigenvalue weighted by atomic mass is 9.85. The third kappa shape index (κ3) is 2.84. The Balaban J connectivity index is 2.06. The number of nitrogens with two attached hydrogens (primary N) is 1. The maximum Gasteiger partial charge on any atom is 0.221 e. The quantitative estimate of drug-likeness (QED) is 0.701. The van der Waals surface area contributed by atoms with Crippen LogP contribution in [0.4, 0.5) is 0 Å².